The minimum atomic E-state index is -0.284. The first-order valence-corrected chi connectivity index (χ1v) is 8.82. The average Bonchev–Trinajstić information content (AvgIpc) is 2.66. The maximum Gasteiger partial charge on any atom is 0.243 e. The molecule has 2 amide bonds. The van der Waals surface area contributed by atoms with Crippen LogP contribution in [0.25, 0.3) is 0 Å². The molecule has 1 N–H and O–H groups in total. The first kappa shape index (κ1) is 20.6. The van der Waals surface area contributed by atoms with Crippen LogP contribution in [-0.4, -0.2) is 44.0 Å². The third kappa shape index (κ3) is 6.18. The number of benzene rings is 2. The van der Waals surface area contributed by atoms with Gasteiger partial charge in [0.25, 0.3) is 0 Å². The van der Waals surface area contributed by atoms with E-state index >= 15 is 0 Å². The predicted octanol–water partition coefficient (Wildman–Crippen LogP) is 3.39. The number of ether oxygens (including phenoxy) is 2. The molecule has 0 aliphatic carbocycles. The van der Waals surface area contributed by atoms with Gasteiger partial charge in [-0.3, -0.25) is 9.59 Å². The molecule has 0 spiro atoms. The third-order valence-electron chi connectivity index (χ3n) is 4.03. The van der Waals surface area contributed by atoms with Crippen LogP contribution in [0.4, 0.5) is 5.69 Å². The summed E-state index contributed by atoms with van der Waals surface area (Å²) in [7, 11) is 3.07. The van der Waals surface area contributed by atoms with E-state index in [1.165, 1.54) is 18.9 Å². The Morgan fingerprint density at radius 1 is 1.04 bits per heavy atom. The van der Waals surface area contributed by atoms with Gasteiger partial charge in [-0.15, -0.1) is 0 Å². The fraction of sp³-hybridized carbons (Fsp3) is 0.300. The molecule has 2 rings (SSSR count). The van der Waals surface area contributed by atoms with Crippen molar-refractivity contribution in [3.8, 4) is 11.5 Å². The van der Waals surface area contributed by atoms with Gasteiger partial charge in [0.15, 0.2) is 11.5 Å². The fourth-order valence-electron chi connectivity index (χ4n) is 2.55. The Balaban J connectivity index is 1.96. The summed E-state index contributed by atoms with van der Waals surface area (Å²) in [5.41, 5.74) is 1.62. The van der Waals surface area contributed by atoms with Crippen LogP contribution >= 0.6 is 11.6 Å². The number of nitrogens with one attached hydrogen (secondary N) is 1. The van der Waals surface area contributed by atoms with Gasteiger partial charge in [-0.1, -0.05) is 23.7 Å². The lowest BCUT2D eigenvalue weighted by Gasteiger charge is -2.21. The summed E-state index contributed by atoms with van der Waals surface area (Å²) < 4.78 is 10.4. The molecule has 0 saturated carbocycles. The monoisotopic (exact) mass is 390 g/mol. The fourth-order valence-corrected chi connectivity index (χ4v) is 2.68. The molecule has 0 aliphatic rings. The molecule has 7 heteroatoms. The molecular formula is C20H23ClN2O4. The van der Waals surface area contributed by atoms with Crippen molar-refractivity contribution in [2.45, 2.75) is 13.3 Å². The molecule has 144 valence electrons. The SMILES string of the molecule is COc1ccc(NC(=O)CN(CCc2ccc(Cl)cc2)C(C)=O)cc1OC. The maximum atomic E-state index is 12.3. The molecule has 0 heterocycles. The van der Waals surface area contributed by atoms with Gasteiger partial charge in [0.05, 0.1) is 20.8 Å². The van der Waals surface area contributed by atoms with E-state index in [-0.39, 0.29) is 18.4 Å². The number of methoxy groups -OCH3 is 2. The Kier molecular flexibility index (Phi) is 7.49. The van der Waals surface area contributed by atoms with Gasteiger partial charge in [-0.25, -0.2) is 0 Å². The lowest BCUT2D eigenvalue weighted by Crippen LogP contribution is -2.38. The Labute approximate surface area is 164 Å². The second-order valence-electron chi connectivity index (χ2n) is 5.93. The maximum absolute atomic E-state index is 12.3. The summed E-state index contributed by atoms with van der Waals surface area (Å²) in [6, 6.07) is 12.5. The highest BCUT2D eigenvalue weighted by Crippen LogP contribution is 2.29. The zero-order valence-corrected chi connectivity index (χ0v) is 16.4. The number of anilines is 1. The molecule has 2 aromatic carbocycles. The number of amides is 2. The molecule has 0 radical (unpaired) electrons. The molecule has 2 aromatic rings. The van der Waals surface area contributed by atoms with Crippen molar-refractivity contribution >= 4 is 29.1 Å². The van der Waals surface area contributed by atoms with E-state index < -0.39 is 0 Å². The van der Waals surface area contributed by atoms with Crippen LogP contribution in [0.2, 0.25) is 5.02 Å². The molecule has 0 saturated heterocycles. The largest absolute Gasteiger partial charge is 0.493 e. The molecule has 0 unspecified atom stereocenters. The number of carbonyl (C=O) groups is 2. The van der Waals surface area contributed by atoms with Crippen molar-refractivity contribution in [1.82, 2.24) is 4.90 Å². The Hall–Kier alpha value is -2.73. The Morgan fingerprint density at radius 3 is 2.30 bits per heavy atom. The van der Waals surface area contributed by atoms with Crippen LogP contribution in [0, 0.1) is 0 Å². The van der Waals surface area contributed by atoms with Gasteiger partial charge in [0, 0.05) is 30.2 Å². The molecule has 27 heavy (non-hydrogen) atoms. The normalized spacial score (nSPS) is 10.2. The number of hydrogen-bond donors (Lipinski definition) is 1. The Morgan fingerprint density at radius 2 is 1.70 bits per heavy atom. The summed E-state index contributed by atoms with van der Waals surface area (Å²) in [5, 5.41) is 3.44. The highest BCUT2D eigenvalue weighted by molar-refractivity contribution is 6.30. The van der Waals surface area contributed by atoms with E-state index in [9.17, 15) is 9.59 Å². The van der Waals surface area contributed by atoms with Crippen molar-refractivity contribution in [3.63, 3.8) is 0 Å². The first-order chi connectivity index (χ1) is 12.9. The molecule has 6 nitrogen and oxygen atoms in total. The average molecular weight is 391 g/mol. The second-order valence-corrected chi connectivity index (χ2v) is 6.37. The van der Waals surface area contributed by atoms with Gasteiger partial charge in [0.1, 0.15) is 0 Å². The zero-order valence-electron chi connectivity index (χ0n) is 15.6. The topological polar surface area (TPSA) is 67.9 Å². The number of nitrogens with zero attached hydrogens (tertiary/aromatic N) is 1. The smallest absolute Gasteiger partial charge is 0.243 e. The van der Waals surface area contributed by atoms with Crippen molar-refractivity contribution in [3.05, 3.63) is 53.1 Å². The van der Waals surface area contributed by atoms with Gasteiger partial charge < -0.3 is 19.7 Å². The van der Waals surface area contributed by atoms with Crippen LogP contribution in [0.15, 0.2) is 42.5 Å². The summed E-state index contributed by atoms with van der Waals surface area (Å²) in [6.45, 7) is 1.86. The second kappa shape index (κ2) is 9.83. The van der Waals surface area contributed by atoms with Crippen molar-refractivity contribution in [2.24, 2.45) is 0 Å². The summed E-state index contributed by atoms with van der Waals surface area (Å²) >= 11 is 5.88. The van der Waals surface area contributed by atoms with Gasteiger partial charge in [-0.05, 0) is 36.2 Å². The van der Waals surface area contributed by atoms with Crippen LogP contribution in [0.1, 0.15) is 12.5 Å². The van der Waals surface area contributed by atoms with E-state index in [2.05, 4.69) is 5.32 Å². The number of halogens is 1. The van der Waals surface area contributed by atoms with Crippen molar-refractivity contribution in [2.75, 3.05) is 32.6 Å². The number of hydrogen-bond acceptors (Lipinski definition) is 4. The molecule has 0 fully saturated rings. The predicted molar refractivity (Wildman–Crippen MR) is 106 cm³/mol. The van der Waals surface area contributed by atoms with E-state index in [1.54, 1.807) is 37.4 Å². The third-order valence-corrected chi connectivity index (χ3v) is 4.28. The van der Waals surface area contributed by atoms with Crippen LogP contribution in [0.3, 0.4) is 0 Å². The van der Waals surface area contributed by atoms with Crippen LogP contribution in [-0.2, 0) is 16.0 Å². The summed E-state index contributed by atoms with van der Waals surface area (Å²) in [4.78, 5) is 25.7. The van der Waals surface area contributed by atoms with E-state index in [0.29, 0.717) is 35.2 Å². The van der Waals surface area contributed by atoms with Crippen molar-refractivity contribution < 1.29 is 19.1 Å². The highest BCUT2D eigenvalue weighted by Gasteiger charge is 2.14. The number of carbonyl (C=O) groups excluding carboxylic acids is 2. The van der Waals surface area contributed by atoms with E-state index in [4.69, 9.17) is 21.1 Å². The summed E-state index contributed by atoms with van der Waals surface area (Å²) in [5.74, 6) is 0.644. The molecular weight excluding hydrogens is 368 g/mol. The van der Waals surface area contributed by atoms with Crippen molar-refractivity contribution in [1.29, 1.82) is 0 Å². The van der Waals surface area contributed by atoms with Gasteiger partial charge in [0.2, 0.25) is 11.8 Å². The van der Waals surface area contributed by atoms with Gasteiger partial charge >= 0.3 is 0 Å². The molecule has 0 atom stereocenters. The minimum Gasteiger partial charge on any atom is -0.493 e. The van der Waals surface area contributed by atoms with E-state index in [0.717, 1.165) is 5.56 Å². The summed E-state index contributed by atoms with van der Waals surface area (Å²) in [6.07, 6.45) is 0.639. The molecule has 0 aliphatic heterocycles. The molecule has 0 aromatic heterocycles. The minimum absolute atomic E-state index is 0.0305. The van der Waals surface area contributed by atoms with E-state index in [1.807, 2.05) is 12.1 Å². The lowest BCUT2D eigenvalue weighted by molar-refractivity contribution is -0.132. The van der Waals surface area contributed by atoms with Gasteiger partial charge in [-0.2, -0.15) is 0 Å². The quantitative estimate of drug-likeness (QED) is 0.750. The number of rotatable bonds is 8. The lowest BCUT2D eigenvalue weighted by atomic mass is 10.1. The zero-order chi connectivity index (χ0) is 19.8. The standard InChI is InChI=1S/C20H23ClN2O4/c1-14(24)23(11-10-15-4-6-16(21)7-5-15)13-20(25)22-17-8-9-18(26-2)19(12-17)27-3/h4-9,12H,10-11,13H2,1-3H3,(H,22,25). The Bertz CT molecular complexity index is 793. The van der Waals surface area contributed by atoms with Crippen LogP contribution < -0.4 is 14.8 Å². The highest BCUT2D eigenvalue weighted by atomic mass is 35.5. The first-order valence-electron chi connectivity index (χ1n) is 8.44. The van der Waals surface area contributed by atoms with Crippen LogP contribution in [0.5, 0.6) is 11.5 Å². The molecule has 0 bridgehead atoms.